The molecule has 31 heavy (non-hydrogen) atoms. The van der Waals surface area contributed by atoms with Crippen molar-refractivity contribution < 1.29 is 9.18 Å². The molecule has 5 heteroatoms. The molecule has 0 saturated heterocycles. The summed E-state index contributed by atoms with van der Waals surface area (Å²) in [4.78, 5) is 13.3. The van der Waals surface area contributed by atoms with Gasteiger partial charge in [-0.3, -0.25) is 4.79 Å². The van der Waals surface area contributed by atoms with Crippen LogP contribution >= 0.6 is 0 Å². The van der Waals surface area contributed by atoms with Gasteiger partial charge in [0.1, 0.15) is 11.5 Å². The van der Waals surface area contributed by atoms with Crippen LogP contribution in [0.15, 0.2) is 78.9 Å². The van der Waals surface area contributed by atoms with Crippen molar-refractivity contribution in [1.82, 2.24) is 15.1 Å². The van der Waals surface area contributed by atoms with Crippen LogP contribution in [0.3, 0.4) is 0 Å². The first kappa shape index (κ1) is 20.5. The first-order chi connectivity index (χ1) is 14.9. The fraction of sp³-hybridized carbons (Fsp3) is 0.154. The van der Waals surface area contributed by atoms with Gasteiger partial charge >= 0.3 is 0 Å². The molecule has 0 aliphatic heterocycles. The molecule has 0 aliphatic rings. The second-order valence-corrected chi connectivity index (χ2v) is 7.73. The van der Waals surface area contributed by atoms with Crippen molar-refractivity contribution in [3.05, 3.63) is 107 Å². The summed E-state index contributed by atoms with van der Waals surface area (Å²) in [5.74, 6) is -0.538. The quantitative estimate of drug-likeness (QED) is 0.450. The van der Waals surface area contributed by atoms with Crippen molar-refractivity contribution in [2.75, 3.05) is 0 Å². The normalized spacial score (nSPS) is 11.9. The largest absolute Gasteiger partial charge is 0.344 e. The minimum Gasteiger partial charge on any atom is -0.344 e. The summed E-state index contributed by atoms with van der Waals surface area (Å²) in [6, 6.07) is 23.5. The lowest BCUT2D eigenvalue weighted by molar-refractivity contribution is 0.0932. The van der Waals surface area contributed by atoms with Crippen molar-refractivity contribution in [2.45, 2.75) is 26.8 Å². The van der Waals surface area contributed by atoms with E-state index in [0.717, 1.165) is 27.9 Å². The van der Waals surface area contributed by atoms with Crippen molar-refractivity contribution in [1.29, 1.82) is 0 Å². The summed E-state index contributed by atoms with van der Waals surface area (Å²) in [5, 5.41) is 7.77. The van der Waals surface area contributed by atoms with E-state index in [4.69, 9.17) is 5.10 Å². The fourth-order valence-electron chi connectivity index (χ4n) is 3.63. The van der Waals surface area contributed by atoms with E-state index >= 15 is 0 Å². The molecule has 156 valence electrons. The highest BCUT2D eigenvalue weighted by atomic mass is 19.1. The molecule has 3 aromatic carbocycles. The summed E-state index contributed by atoms with van der Waals surface area (Å²) < 4.78 is 15.1. The molecule has 0 aliphatic carbocycles. The van der Waals surface area contributed by atoms with Gasteiger partial charge in [0.05, 0.1) is 17.4 Å². The molecule has 1 N–H and O–H groups in total. The molecule has 0 bridgehead atoms. The molecule has 0 saturated carbocycles. The first-order valence-electron chi connectivity index (χ1n) is 10.2. The van der Waals surface area contributed by atoms with Crippen LogP contribution in [0.1, 0.15) is 40.1 Å². The van der Waals surface area contributed by atoms with Crippen molar-refractivity contribution in [2.24, 2.45) is 0 Å². The van der Waals surface area contributed by atoms with Crippen molar-refractivity contribution in [3.8, 4) is 16.9 Å². The van der Waals surface area contributed by atoms with Gasteiger partial charge in [-0.2, -0.15) is 5.10 Å². The molecule has 4 rings (SSSR count). The Labute approximate surface area is 181 Å². The van der Waals surface area contributed by atoms with E-state index in [-0.39, 0.29) is 17.8 Å². The minimum atomic E-state index is -0.313. The highest BCUT2D eigenvalue weighted by Gasteiger charge is 2.20. The van der Waals surface area contributed by atoms with Crippen LogP contribution < -0.4 is 5.32 Å². The van der Waals surface area contributed by atoms with Gasteiger partial charge < -0.3 is 5.32 Å². The second kappa shape index (κ2) is 8.56. The predicted molar refractivity (Wildman–Crippen MR) is 121 cm³/mol. The summed E-state index contributed by atoms with van der Waals surface area (Å²) in [6.07, 6.45) is 0. The van der Waals surface area contributed by atoms with E-state index in [1.165, 1.54) is 12.1 Å². The Morgan fingerprint density at radius 3 is 2.35 bits per heavy atom. The molecule has 1 amide bonds. The van der Waals surface area contributed by atoms with E-state index in [2.05, 4.69) is 11.4 Å². The van der Waals surface area contributed by atoms with Gasteiger partial charge in [0, 0.05) is 5.56 Å². The van der Waals surface area contributed by atoms with Crippen molar-refractivity contribution >= 4 is 5.91 Å². The molecule has 1 heterocycles. The van der Waals surface area contributed by atoms with Crippen molar-refractivity contribution in [3.63, 3.8) is 0 Å². The van der Waals surface area contributed by atoms with Gasteiger partial charge in [0.2, 0.25) is 0 Å². The fourth-order valence-corrected chi connectivity index (χ4v) is 3.63. The number of halogens is 1. The van der Waals surface area contributed by atoms with E-state index < -0.39 is 0 Å². The number of rotatable bonds is 5. The summed E-state index contributed by atoms with van der Waals surface area (Å²) in [6.45, 7) is 5.97. The molecule has 0 spiro atoms. The number of nitrogens with zero attached hydrogens (tertiary/aromatic N) is 2. The third kappa shape index (κ3) is 4.40. The van der Waals surface area contributed by atoms with E-state index in [1.54, 1.807) is 22.9 Å². The lowest BCUT2D eigenvalue weighted by atomic mass is 10.1. The topological polar surface area (TPSA) is 46.9 Å². The first-order valence-corrected chi connectivity index (χ1v) is 10.2. The van der Waals surface area contributed by atoms with Crippen LogP contribution in [0.4, 0.5) is 4.39 Å². The number of aryl methyl sites for hydroxylation is 2. The standard InChI is InChI=1S/C26H24FN3O/c1-17-9-14-24(18(2)15-17)30-25(16-23(29-30)21-10-12-22(27)13-11-21)26(31)28-19(3)20-7-5-4-6-8-20/h4-16,19H,1-3H3,(H,28,31)/t19-/m1/s1. The molecule has 0 radical (unpaired) electrons. The Morgan fingerprint density at radius 1 is 0.968 bits per heavy atom. The highest BCUT2D eigenvalue weighted by Crippen LogP contribution is 2.25. The second-order valence-electron chi connectivity index (χ2n) is 7.73. The van der Waals surface area contributed by atoms with Gasteiger partial charge in [-0.15, -0.1) is 0 Å². The Hall–Kier alpha value is -3.73. The Morgan fingerprint density at radius 2 is 1.68 bits per heavy atom. The van der Waals surface area contributed by atoms with E-state index in [1.807, 2.05) is 63.2 Å². The number of nitrogens with one attached hydrogen (secondary N) is 1. The van der Waals surface area contributed by atoms with Gasteiger partial charge in [-0.1, -0.05) is 48.0 Å². The summed E-state index contributed by atoms with van der Waals surface area (Å²) in [7, 11) is 0. The lowest BCUT2D eigenvalue weighted by Crippen LogP contribution is -2.28. The van der Waals surface area contributed by atoms with Gasteiger partial charge in [-0.25, -0.2) is 9.07 Å². The Kier molecular flexibility index (Phi) is 5.67. The van der Waals surface area contributed by atoms with Gasteiger partial charge in [0.15, 0.2) is 0 Å². The smallest absolute Gasteiger partial charge is 0.270 e. The lowest BCUT2D eigenvalue weighted by Gasteiger charge is -2.15. The van der Waals surface area contributed by atoms with E-state index in [9.17, 15) is 9.18 Å². The number of hydrogen-bond donors (Lipinski definition) is 1. The number of benzene rings is 3. The maximum absolute atomic E-state index is 13.4. The van der Waals surface area contributed by atoms with Crippen LogP contribution in [0.2, 0.25) is 0 Å². The number of hydrogen-bond acceptors (Lipinski definition) is 2. The summed E-state index contributed by atoms with van der Waals surface area (Å²) >= 11 is 0. The average molecular weight is 413 g/mol. The highest BCUT2D eigenvalue weighted by molar-refractivity contribution is 5.94. The van der Waals surface area contributed by atoms with Gasteiger partial charge in [-0.05, 0) is 68.3 Å². The number of aromatic nitrogens is 2. The van der Waals surface area contributed by atoms with Gasteiger partial charge in [0.25, 0.3) is 5.91 Å². The monoisotopic (exact) mass is 413 g/mol. The molecular weight excluding hydrogens is 389 g/mol. The van der Waals surface area contributed by atoms with Crippen LogP contribution in [0, 0.1) is 19.7 Å². The maximum Gasteiger partial charge on any atom is 0.270 e. The molecule has 0 unspecified atom stereocenters. The van der Waals surface area contributed by atoms with Crippen LogP contribution in [-0.4, -0.2) is 15.7 Å². The Bertz CT molecular complexity index is 1210. The third-order valence-electron chi connectivity index (χ3n) is 5.31. The molecule has 1 atom stereocenters. The zero-order chi connectivity index (χ0) is 22.0. The molecule has 4 nitrogen and oxygen atoms in total. The SMILES string of the molecule is Cc1ccc(-n2nc(-c3ccc(F)cc3)cc2C(=O)N[C@H](C)c2ccccc2)c(C)c1. The van der Waals surface area contributed by atoms with Crippen LogP contribution in [-0.2, 0) is 0 Å². The number of carbonyl (C=O) groups is 1. The van der Waals surface area contributed by atoms with Crippen LogP contribution in [0.25, 0.3) is 16.9 Å². The average Bonchev–Trinajstić information content (AvgIpc) is 3.20. The predicted octanol–water partition coefficient (Wildman–Crippen LogP) is 5.79. The third-order valence-corrected chi connectivity index (χ3v) is 5.31. The summed E-state index contributed by atoms with van der Waals surface area (Å²) in [5.41, 5.74) is 5.78. The number of carbonyl (C=O) groups excluding carboxylic acids is 1. The van der Waals surface area contributed by atoms with Crippen LogP contribution in [0.5, 0.6) is 0 Å². The number of amides is 1. The molecule has 4 aromatic rings. The van der Waals surface area contributed by atoms with E-state index in [0.29, 0.717) is 11.4 Å². The maximum atomic E-state index is 13.4. The molecule has 0 fully saturated rings. The molecular formula is C26H24FN3O. The zero-order valence-corrected chi connectivity index (χ0v) is 17.8. The Balaban J connectivity index is 1.75. The minimum absolute atomic E-state index is 0.162. The molecule has 1 aromatic heterocycles. The zero-order valence-electron chi connectivity index (χ0n) is 17.8.